The smallest absolute Gasteiger partial charge is 0.0408 e. The quantitative estimate of drug-likeness (QED) is 0.102. The maximum atomic E-state index is 8.46. The second-order valence-electron chi connectivity index (χ2n) is 5.71. The number of hydrogen-bond acceptors (Lipinski definition) is 1. The molecular weight excluding hydrogens is 246 g/mol. The third-order valence-electron chi connectivity index (χ3n) is 3.79. The Kier molecular flexibility index (Phi) is 15.3. The normalized spacial score (nSPS) is 11.8. The molecule has 116 valence electrons. The molecule has 0 aromatic carbocycles. The van der Waals surface area contributed by atoms with Crippen molar-refractivity contribution in [1.29, 1.82) is 0 Å². The van der Waals surface area contributed by atoms with Crippen molar-refractivity contribution >= 4 is 0 Å². The Bertz CT molecular complexity index is 257. The van der Waals surface area contributed by atoms with Crippen molar-refractivity contribution in [3.63, 3.8) is 0 Å². The van der Waals surface area contributed by atoms with Gasteiger partial charge in [-0.1, -0.05) is 88.7 Å². The first-order valence-corrected chi connectivity index (χ1v) is 8.50. The van der Waals surface area contributed by atoms with E-state index in [4.69, 9.17) is 5.53 Å². The molecule has 3 heteroatoms. The van der Waals surface area contributed by atoms with Crippen LogP contribution in [0.4, 0.5) is 0 Å². The maximum Gasteiger partial charge on any atom is 0.0408 e. The summed E-state index contributed by atoms with van der Waals surface area (Å²) in [5.74, 6) is 0. The average Bonchev–Trinajstić information content (AvgIpc) is 2.45. The van der Waals surface area contributed by atoms with Crippen molar-refractivity contribution in [2.45, 2.75) is 96.4 Å². The molecule has 0 heterocycles. The number of hydrogen-bond donors (Lipinski definition) is 0. The van der Waals surface area contributed by atoms with E-state index in [1.807, 2.05) is 6.08 Å². The van der Waals surface area contributed by atoms with Gasteiger partial charge in [0.1, 0.15) is 0 Å². The average molecular weight is 279 g/mol. The van der Waals surface area contributed by atoms with Crippen LogP contribution in [0.25, 0.3) is 10.4 Å². The molecule has 0 aliphatic carbocycles. The zero-order valence-electron chi connectivity index (χ0n) is 13.4. The van der Waals surface area contributed by atoms with E-state index >= 15 is 0 Å². The number of nitrogens with zero attached hydrogens (tertiary/aromatic N) is 3. The fourth-order valence-corrected chi connectivity index (χ4v) is 2.53. The summed E-state index contributed by atoms with van der Waals surface area (Å²) in [5.41, 5.74) is 8.46. The standard InChI is InChI=1S/C17H33N3/c1-3-5-6-7-8-9-10-11-12-13-14-16-17(15-4-2)19-20-18/h4,17H,2-3,5-16H2,1H3/t17-/m0/s1. The van der Waals surface area contributed by atoms with Crippen molar-refractivity contribution in [2.75, 3.05) is 0 Å². The van der Waals surface area contributed by atoms with E-state index in [1.54, 1.807) is 0 Å². The molecular formula is C17H33N3. The van der Waals surface area contributed by atoms with Crippen LogP contribution in [0.5, 0.6) is 0 Å². The fraction of sp³-hybridized carbons (Fsp3) is 0.882. The Morgan fingerprint density at radius 3 is 1.90 bits per heavy atom. The molecule has 0 radical (unpaired) electrons. The highest BCUT2D eigenvalue weighted by Gasteiger charge is 2.03. The van der Waals surface area contributed by atoms with Gasteiger partial charge in [0.15, 0.2) is 0 Å². The largest absolute Gasteiger partial charge is 0.103 e. The molecule has 0 saturated carbocycles. The van der Waals surface area contributed by atoms with Crippen LogP contribution in [0.3, 0.4) is 0 Å². The van der Waals surface area contributed by atoms with Gasteiger partial charge in [0, 0.05) is 11.0 Å². The van der Waals surface area contributed by atoms with Crippen molar-refractivity contribution in [2.24, 2.45) is 5.11 Å². The Morgan fingerprint density at radius 2 is 1.45 bits per heavy atom. The van der Waals surface area contributed by atoms with Crippen LogP contribution in [-0.2, 0) is 0 Å². The summed E-state index contributed by atoms with van der Waals surface area (Å²) in [7, 11) is 0. The van der Waals surface area contributed by atoms with Gasteiger partial charge < -0.3 is 0 Å². The molecule has 0 unspecified atom stereocenters. The van der Waals surface area contributed by atoms with Gasteiger partial charge in [-0.3, -0.25) is 0 Å². The summed E-state index contributed by atoms with van der Waals surface area (Å²) >= 11 is 0. The molecule has 0 N–H and O–H groups in total. The second-order valence-corrected chi connectivity index (χ2v) is 5.71. The molecule has 1 atom stereocenters. The highest BCUT2D eigenvalue weighted by Crippen LogP contribution is 2.14. The lowest BCUT2D eigenvalue weighted by atomic mass is 10.0. The van der Waals surface area contributed by atoms with Gasteiger partial charge >= 0.3 is 0 Å². The van der Waals surface area contributed by atoms with Crippen molar-refractivity contribution in [3.05, 3.63) is 23.1 Å². The molecule has 20 heavy (non-hydrogen) atoms. The van der Waals surface area contributed by atoms with Gasteiger partial charge in [-0.15, -0.1) is 6.58 Å². The molecule has 0 amide bonds. The van der Waals surface area contributed by atoms with Crippen molar-refractivity contribution < 1.29 is 0 Å². The van der Waals surface area contributed by atoms with Crippen LogP contribution >= 0.6 is 0 Å². The molecule has 0 rings (SSSR count). The van der Waals surface area contributed by atoms with Gasteiger partial charge in [0.05, 0.1) is 0 Å². The van der Waals surface area contributed by atoms with Gasteiger partial charge in [-0.25, -0.2) is 0 Å². The fourth-order valence-electron chi connectivity index (χ4n) is 2.53. The molecule has 0 saturated heterocycles. The van der Waals surface area contributed by atoms with Gasteiger partial charge in [0.2, 0.25) is 0 Å². The van der Waals surface area contributed by atoms with Crippen LogP contribution in [-0.4, -0.2) is 6.04 Å². The SMILES string of the molecule is C=CC[C@@H](CCCCCCCCCCCCC)N=[N+]=[N-]. The third-order valence-corrected chi connectivity index (χ3v) is 3.79. The summed E-state index contributed by atoms with van der Waals surface area (Å²) < 4.78 is 0. The molecule has 0 bridgehead atoms. The van der Waals surface area contributed by atoms with Crippen LogP contribution in [0.1, 0.15) is 90.4 Å². The zero-order valence-corrected chi connectivity index (χ0v) is 13.4. The van der Waals surface area contributed by atoms with E-state index in [1.165, 1.54) is 70.6 Å². The summed E-state index contributed by atoms with van der Waals surface area (Å²) in [6.45, 7) is 5.97. The van der Waals surface area contributed by atoms with E-state index in [9.17, 15) is 0 Å². The third kappa shape index (κ3) is 13.5. The lowest BCUT2D eigenvalue weighted by molar-refractivity contribution is 0.520. The van der Waals surface area contributed by atoms with Crippen molar-refractivity contribution in [3.8, 4) is 0 Å². The van der Waals surface area contributed by atoms with Gasteiger partial charge in [-0.05, 0) is 18.4 Å². The predicted octanol–water partition coefficient (Wildman–Crippen LogP) is 6.94. The van der Waals surface area contributed by atoms with E-state index in [0.29, 0.717) is 0 Å². The van der Waals surface area contributed by atoms with Crippen molar-refractivity contribution in [1.82, 2.24) is 0 Å². The minimum absolute atomic E-state index is 0.121. The Balaban J connectivity index is 3.26. The maximum absolute atomic E-state index is 8.46. The van der Waals surface area contributed by atoms with Crippen LogP contribution in [0, 0.1) is 0 Å². The number of azide groups is 1. The lowest BCUT2D eigenvalue weighted by Gasteiger charge is -2.07. The Morgan fingerprint density at radius 1 is 0.950 bits per heavy atom. The molecule has 3 nitrogen and oxygen atoms in total. The number of rotatable bonds is 15. The first kappa shape index (κ1) is 19.1. The van der Waals surface area contributed by atoms with E-state index in [2.05, 4.69) is 23.5 Å². The summed E-state index contributed by atoms with van der Waals surface area (Å²) in [6.07, 6.45) is 18.6. The first-order chi connectivity index (χ1) is 9.85. The summed E-state index contributed by atoms with van der Waals surface area (Å²) in [4.78, 5) is 2.90. The summed E-state index contributed by atoms with van der Waals surface area (Å²) in [6, 6.07) is 0.121. The Hall–Kier alpha value is -0.950. The zero-order chi connectivity index (χ0) is 14.9. The minimum atomic E-state index is 0.121. The molecule has 0 spiro atoms. The topological polar surface area (TPSA) is 48.8 Å². The molecule has 0 aliphatic rings. The predicted molar refractivity (Wildman–Crippen MR) is 88.8 cm³/mol. The van der Waals surface area contributed by atoms with Crippen LogP contribution < -0.4 is 0 Å². The highest BCUT2D eigenvalue weighted by atomic mass is 15.1. The lowest BCUT2D eigenvalue weighted by Crippen LogP contribution is -2.01. The van der Waals surface area contributed by atoms with E-state index in [0.717, 1.165) is 12.8 Å². The summed E-state index contributed by atoms with van der Waals surface area (Å²) in [5, 5.41) is 3.81. The number of unbranched alkanes of at least 4 members (excludes halogenated alkanes) is 10. The Labute approximate surface area is 125 Å². The van der Waals surface area contributed by atoms with Gasteiger partial charge in [-0.2, -0.15) is 0 Å². The molecule has 0 aromatic heterocycles. The van der Waals surface area contributed by atoms with E-state index in [-0.39, 0.29) is 6.04 Å². The minimum Gasteiger partial charge on any atom is -0.103 e. The highest BCUT2D eigenvalue weighted by molar-refractivity contribution is 4.78. The molecule has 0 aliphatic heterocycles. The molecule has 0 aromatic rings. The monoisotopic (exact) mass is 279 g/mol. The van der Waals surface area contributed by atoms with E-state index < -0.39 is 0 Å². The first-order valence-electron chi connectivity index (χ1n) is 8.50. The van der Waals surface area contributed by atoms with Crippen LogP contribution in [0.2, 0.25) is 0 Å². The second kappa shape index (κ2) is 16.1. The van der Waals surface area contributed by atoms with Gasteiger partial charge in [0.25, 0.3) is 0 Å². The van der Waals surface area contributed by atoms with Crippen LogP contribution in [0.15, 0.2) is 17.8 Å². The molecule has 0 fully saturated rings.